The van der Waals surface area contributed by atoms with Crippen LogP contribution in [0.1, 0.15) is 24.0 Å². The third-order valence-corrected chi connectivity index (χ3v) is 5.56. The first-order valence-electron chi connectivity index (χ1n) is 7.75. The zero-order chi connectivity index (χ0) is 15.7. The highest BCUT2D eigenvalue weighted by Crippen LogP contribution is 2.42. The van der Waals surface area contributed by atoms with Crippen molar-refractivity contribution in [3.63, 3.8) is 0 Å². The predicted octanol–water partition coefficient (Wildman–Crippen LogP) is 2.67. The van der Waals surface area contributed by atoms with Crippen LogP contribution in [0.3, 0.4) is 0 Å². The van der Waals surface area contributed by atoms with Gasteiger partial charge in [0.15, 0.2) is 9.84 Å². The fourth-order valence-electron chi connectivity index (χ4n) is 3.70. The lowest BCUT2D eigenvalue weighted by Crippen LogP contribution is -2.25. The van der Waals surface area contributed by atoms with Gasteiger partial charge in [-0.3, -0.25) is 0 Å². The molecule has 1 saturated carbocycles. The van der Waals surface area contributed by atoms with Crippen molar-refractivity contribution in [1.29, 1.82) is 0 Å². The lowest BCUT2D eigenvalue weighted by molar-refractivity contribution is 0.413. The molecule has 3 rings (SSSR count). The van der Waals surface area contributed by atoms with Gasteiger partial charge >= 0.3 is 0 Å². The van der Waals surface area contributed by atoms with Crippen molar-refractivity contribution in [3.8, 4) is 0 Å². The molecule has 5 heteroatoms. The van der Waals surface area contributed by atoms with Gasteiger partial charge in [-0.1, -0.05) is 18.2 Å². The highest BCUT2D eigenvalue weighted by molar-refractivity contribution is 7.89. The van der Waals surface area contributed by atoms with Crippen molar-refractivity contribution in [2.24, 2.45) is 17.8 Å². The molecule has 3 nitrogen and oxygen atoms in total. The number of hydrogen-bond acceptors (Lipinski definition) is 3. The second kappa shape index (κ2) is 6.13. The van der Waals surface area contributed by atoms with Gasteiger partial charge in [0.1, 0.15) is 5.82 Å². The van der Waals surface area contributed by atoms with E-state index in [0.29, 0.717) is 23.9 Å². The Morgan fingerprint density at radius 3 is 2.68 bits per heavy atom. The molecule has 2 aliphatic rings. The Kier molecular flexibility index (Phi) is 4.37. The van der Waals surface area contributed by atoms with E-state index in [4.69, 9.17) is 0 Å². The van der Waals surface area contributed by atoms with Crippen LogP contribution in [0, 0.1) is 23.6 Å². The second-order valence-corrected chi connectivity index (χ2v) is 8.79. The molecule has 0 aliphatic heterocycles. The predicted molar refractivity (Wildman–Crippen MR) is 85.5 cm³/mol. The molecule has 0 spiro atoms. The first-order chi connectivity index (χ1) is 10.4. The van der Waals surface area contributed by atoms with Crippen molar-refractivity contribution < 1.29 is 12.8 Å². The number of fused-ring (bicyclic) bond motifs is 2. The minimum absolute atomic E-state index is 0.0405. The third-order valence-electron chi connectivity index (χ3n) is 4.72. The van der Waals surface area contributed by atoms with Crippen LogP contribution in [0.2, 0.25) is 0 Å². The fourth-order valence-corrected chi connectivity index (χ4v) is 4.55. The monoisotopic (exact) mass is 323 g/mol. The highest BCUT2D eigenvalue weighted by Gasteiger charge is 2.34. The number of benzene rings is 1. The normalized spacial score (nSPS) is 26.7. The lowest BCUT2D eigenvalue weighted by Gasteiger charge is -2.19. The zero-order valence-corrected chi connectivity index (χ0v) is 13.6. The first-order valence-corrected chi connectivity index (χ1v) is 9.81. The average Bonchev–Trinajstić information content (AvgIpc) is 3.03. The molecular formula is C17H22FNO2S. The van der Waals surface area contributed by atoms with Crippen molar-refractivity contribution in [3.05, 3.63) is 47.3 Å². The zero-order valence-electron chi connectivity index (χ0n) is 12.8. The highest BCUT2D eigenvalue weighted by atomic mass is 32.2. The van der Waals surface area contributed by atoms with Gasteiger partial charge < -0.3 is 5.32 Å². The Hall–Kier alpha value is -1.20. The quantitative estimate of drug-likeness (QED) is 0.819. The van der Waals surface area contributed by atoms with E-state index in [1.165, 1.54) is 31.2 Å². The van der Waals surface area contributed by atoms with E-state index in [0.717, 1.165) is 18.0 Å². The van der Waals surface area contributed by atoms with Crippen molar-refractivity contribution >= 4 is 9.84 Å². The van der Waals surface area contributed by atoms with Crippen LogP contribution < -0.4 is 5.32 Å². The van der Waals surface area contributed by atoms with Crippen molar-refractivity contribution in [2.45, 2.75) is 25.1 Å². The molecule has 22 heavy (non-hydrogen) atoms. The van der Waals surface area contributed by atoms with E-state index >= 15 is 0 Å². The van der Waals surface area contributed by atoms with Crippen molar-refractivity contribution in [1.82, 2.24) is 5.32 Å². The van der Waals surface area contributed by atoms with Crippen LogP contribution in [0.25, 0.3) is 0 Å². The molecule has 2 bridgehead atoms. The van der Waals surface area contributed by atoms with E-state index < -0.39 is 9.84 Å². The lowest BCUT2D eigenvalue weighted by atomic mass is 9.93. The van der Waals surface area contributed by atoms with Crippen LogP contribution in [-0.2, 0) is 22.1 Å². The molecule has 2 aliphatic carbocycles. The first kappa shape index (κ1) is 15.7. The van der Waals surface area contributed by atoms with Crippen LogP contribution in [-0.4, -0.2) is 21.2 Å². The molecular weight excluding hydrogens is 301 g/mol. The molecule has 120 valence electrons. The molecule has 0 saturated heterocycles. The van der Waals surface area contributed by atoms with E-state index in [-0.39, 0.29) is 11.6 Å². The summed E-state index contributed by atoms with van der Waals surface area (Å²) in [6, 6.07) is 4.34. The van der Waals surface area contributed by atoms with Gasteiger partial charge in [0.2, 0.25) is 0 Å². The standard InChI is InChI=1S/C17H22FNO2S/c1-22(20,21)11-14-4-5-17(18)8-16(14)10-19-9-15-7-12-2-3-13(15)6-12/h2-5,8,12-13,15,19H,6-7,9-11H2,1H3/t12-,13-,15+/m0/s1. The Balaban J connectivity index is 1.61. The van der Waals surface area contributed by atoms with Gasteiger partial charge in [0.25, 0.3) is 0 Å². The Morgan fingerprint density at radius 1 is 1.23 bits per heavy atom. The van der Waals surface area contributed by atoms with E-state index in [2.05, 4.69) is 17.5 Å². The van der Waals surface area contributed by atoms with Gasteiger partial charge in [0.05, 0.1) is 5.75 Å². The topological polar surface area (TPSA) is 46.2 Å². The maximum atomic E-state index is 13.4. The molecule has 1 aromatic carbocycles. The number of sulfone groups is 1. The van der Waals surface area contributed by atoms with E-state index in [9.17, 15) is 12.8 Å². The van der Waals surface area contributed by atoms with Crippen LogP contribution in [0.5, 0.6) is 0 Å². The van der Waals surface area contributed by atoms with Gasteiger partial charge in [-0.15, -0.1) is 0 Å². The van der Waals surface area contributed by atoms with Crippen LogP contribution in [0.15, 0.2) is 30.4 Å². The van der Waals surface area contributed by atoms with Gasteiger partial charge in [0, 0.05) is 12.8 Å². The summed E-state index contributed by atoms with van der Waals surface area (Å²) in [6.45, 7) is 1.42. The molecule has 0 unspecified atom stereocenters. The molecule has 1 aromatic rings. The summed E-state index contributed by atoms with van der Waals surface area (Å²) < 4.78 is 36.4. The maximum Gasteiger partial charge on any atom is 0.151 e. The van der Waals surface area contributed by atoms with E-state index in [1.807, 2.05) is 0 Å². The molecule has 0 amide bonds. The summed E-state index contributed by atoms with van der Waals surface area (Å²) in [7, 11) is -3.12. The molecule has 0 aromatic heterocycles. The summed E-state index contributed by atoms with van der Waals surface area (Å²) in [5.74, 6) is 1.72. The number of nitrogens with one attached hydrogen (secondary N) is 1. The summed E-state index contributed by atoms with van der Waals surface area (Å²) in [4.78, 5) is 0. The minimum atomic E-state index is -3.12. The van der Waals surface area contributed by atoms with Crippen LogP contribution >= 0.6 is 0 Å². The Morgan fingerprint density at radius 2 is 2.05 bits per heavy atom. The Labute approximate surface area is 131 Å². The summed E-state index contributed by atoms with van der Waals surface area (Å²) in [5, 5.41) is 3.39. The SMILES string of the molecule is CS(=O)(=O)Cc1ccc(F)cc1CNC[C@H]1C[C@H]2C=C[C@H]1C2. The van der Waals surface area contributed by atoms with Crippen molar-refractivity contribution in [2.75, 3.05) is 12.8 Å². The second-order valence-electron chi connectivity index (χ2n) is 6.65. The van der Waals surface area contributed by atoms with Gasteiger partial charge in [-0.25, -0.2) is 12.8 Å². The molecule has 0 radical (unpaired) electrons. The largest absolute Gasteiger partial charge is 0.312 e. The van der Waals surface area contributed by atoms with E-state index in [1.54, 1.807) is 6.07 Å². The number of hydrogen-bond donors (Lipinski definition) is 1. The minimum Gasteiger partial charge on any atom is -0.312 e. The Bertz CT molecular complexity index is 684. The summed E-state index contributed by atoms with van der Waals surface area (Å²) in [5.41, 5.74) is 1.42. The molecule has 1 fully saturated rings. The molecule has 3 atom stereocenters. The number of halogens is 1. The smallest absolute Gasteiger partial charge is 0.151 e. The molecule has 1 N–H and O–H groups in total. The maximum absolute atomic E-state index is 13.4. The van der Waals surface area contributed by atoms with Crippen LogP contribution in [0.4, 0.5) is 4.39 Å². The average molecular weight is 323 g/mol. The third kappa shape index (κ3) is 3.76. The number of allylic oxidation sites excluding steroid dienone is 2. The number of rotatable bonds is 6. The van der Waals surface area contributed by atoms with Gasteiger partial charge in [-0.2, -0.15) is 0 Å². The molecule has 0 heterocycles. The van der Waals surface area contributed by atoms with Gasteiger partial charge in [-0.05, 0) is 60.4 Å². The summed E-state index contributed by atoms with van der Waals surface area (Å²) in [6.07, 6.45) is 8.34. The summed E-state index contributed by atoms with van der Waals surface area (Å²) >= 11 is 0. The fraction of sp³-hybridized carbons (Fsp3) is 0.529.